The molecule has 1 fully saturated rings. The van der Waals surface area contributed by atoms with Crippen molar-refractivity contribution in [3.8, 4) is 11.5 Å². The van der Waals surface area contributed by atoms with Crippen LogP contribution in [0.5, 0.6) is 0 Å². The minimum Gasteiger partial charge on any atom is -0.372 e. The fourth-order valence-electron chi connectivity index (χ4n) is 4.36. The normalized spacial score (nSPS) is 19.1. The number of hydrogen-bond donors (Lipinski definition) is 4. The molecule has 6 rings (SSSR count). The number of nitrogens with zero attached hydrogens (tertiary/aromatic N) is 5. The van der Waals surface area contributed by atoms with Crippen molar-refractivity contribution in [1.29, 1.82) is 0 Å². The van der Waals surface area contributed by atoms with Gasteiger partial charge in [0.2, 0.25) is 0 Å². The van der Waals surface area contributed by atoms with E-state index in [4.69, 9.17) is 9.72 Å². The number of aromatic nitrogens is 7. The minimum atomic E-state index is 0.207. The summed E-state index contributed by atoms with van der Waals surface area (Å²) in [6.45, 7) is 5.97. The SMILES string of the molecule is C[C@@H]1CN(c2ccc3nc(-c4[nH]ncc4Nc4ncnc5[nH]ccc45)[nH]c3c2)C[C@H](C)O1. The largest absolute Gasteiger partial charge is 0.372 e. The van der Waals surface area contributed by atoms with Crippen molar-refractivity contribution in [2.75, 3.05) is 23.3 Å². The summed E-state index contributed by atoms with van der Waals surface area (Å²) in [4.78, 5) is 22.3. The Labute approximate surface area is 183 Å². The molecule has 162 valence electrons. The number of ether oxygens (including phenoxy) is 1. The van der Waals surface area contributed by atoms with E-state index in [0.717, 1.165) is 52.2 Å². The Kier molecular flexibility index (Phi) is 4.32. The second-order valence-corrected chi connectivity index (χ2v) is 8.20. The maximum absolute atomic E-state index is 5.87. The lowest BCUT2D eigenvalue weighted by molar-refractivity contribution is -0.00521. The Morgan fingerprint density at radius 1 is 1.12 bits per heavy atom. The highest BCUT2D eigenvalue weighted by Crippen LogP contribution is 2.31. The van der Waals surface area contributed by atoms with E-state index in [1.165, 1.54) is 6.33 Å². The van der Waals surface area contributed by atoms with Gasteiger partial charge in [-0.05, 0) is 38.1 Å². The predicted octanol–water partition coefficient (Wildman–Crippen LogP) is 3.58. The summed E-state index contributed by atoms with van der Waals surface area (Å²) in [5.74, 6) is 1.41. The Morgan fingerprint density at radius 3 is 2.88 bits per heavy atom. The van der Waals surface area contributed by atoms with Crippen LogP contribution >= 0.6 is 0 Å². The molecule has 0 bridgehead atoms. The average Bonchev–Trinajstić information content (AvgIpc) is 3.51. The van der Waals surface area contributed by atoms with Gasteiger partial charge in [0.15, 0.2) is 5.82 Å². The van der Waals surface area contributed by atoms with Crippen molar-refractivity contribution < 1.29 is 4.74 Å². The molecule has 0 aliphatic carbocycles. The summed E-state index contributed by atoms with van der Waals surface area (Å²) < 4.78 is 5.87. The number of benzene rings is 1. The van der Waals surface area contributed by atoms with Crippen molar-refractivity contribution in [1.82, 2.24) is 35.1 Å². The van der Waals surface area contributed by atoms with Crippen LogP contribution < -0.4 is 10.2 Å². The zero-order valence-electron chi connectivity index (χ0n) is 17.8. The summed E-state index contributed by atoms with van der Waals surface area (Å²) in [6, 6.07) is 8.25. The molecule has 0 spiro atoms. The number of aromatic amines is 3. The van der Waals surface area contributed by atoms with Crippen molar-refractivity contribution in [3.05, 3.63) is 43.0 Å². The van der Waals surface area contributed by atoms with E-state index < -0.39 is 0 Å². The van der Waals surface area contributed by atoms with Crippen LogP contribution in [0.3, 0.4) is 0 Å². The van der Waals surface area contributed by atoms with E-state index in [0.29, 0.717) is 11.6 Å². The standard InChI is InChI=1S/C22H23N9O/c1-12-9-31(10-13(2)32-12)14-3-4-16-17(7-14)28-22(27-16)19-18(8-26-30-19)29-21-15-5-6-23-20(15)24-11-25-21/h3-8,11-13H,9-10H2,1-2H3,(H,26,30)(H,27,28)(H2,23,24,25,29)/t12-,13+. The first-order chi connectivity index (χ1) is 15.6. The third-order valence-corrected chi connectivity index (χ3v) is 5.73. The molecular weight excluding hydrogens is 406 g/mol. The lowest BCUT2D eigenvalue weighted by Crippen LogP contribution is -2.45. The van der Waals surface area contributed by atoms with E-state index in [1.807, 2.05) is 18.3 Å². The third kappa shape index (κ3) is 3.25. The molecular formula is C22H23N9O. The second-order valence-electron chi connectivity index (χ2n) is 8.20. The molecule has 5 heterocycles. The minimum absolute atomic E-state index is 0.207. The van der Waals surface area contributed by atoms with Crippen LogP contribution in [0.4, 0.5) is 17.2 Å². The van der Waals surface area contributed by atoms with Crippen LogP contribution in [-0.4, -0.2) is 60.4 Å². The lowest BCUT2D eigenvalue weighted by Gasteiger charge is -2.36. The summed E-state index contributed by atoms with van der Waals surface area (Å²) in [6.07, 6.45) is 5.51. The smallest absolute Gasteiger partial charge is 0.158 e. The van der Waals surface area contributed by atoms with Gasteiger partial charge in [0.1, 0.15) is 23.5 Å². The molecule has 4 N–H and O–H groups in total. The van der Waals surface area contributed by atoms with Gasteiger partial charge in [0.05, 0.1) is 40.5 Å². The zero-order chi connectivity index (χ0) is 21.7. The molecule has 32 heavy (non-hydrogen) atoms. The second kappa shape index (κ2) is 7.34. The van der Waals surface area contributed by atoms with Crippen molar-refractivity contribution in [2.24, 2.45) is 0 Å². The number of imidazole rings is 1. The van der Waals surface area contributed by atoms with Crippen molar-refractivity contribution >= 4 is 39.3 Å². The summed E-state index contributed by atoms with van der Waals surface area (Å²) in [5, 5.41) is 11.5. The first-order valence-corrected chi connectivity index (χ1v) is 10.6. The molecule has 0 saturated carbocycles. The fourth-order valence-corrected chi connectivity index (χ4v) is 4.36. The summed E-state index contributed by atoms with van der Waals surface area (Å²) in [7, 11) is 0. The monoisotopic (exact) mass is 429 g/mol. The highest BCUT2D eigenvalue weighted by molar-refractivity contribution is 5.91. The number of rotatable bonds is 4. The van der Waals surface area contributed by atoms with Crippen LogP contribution in [0.15, 0.2) is 43.0 Å². The molecule has 4 aromatic heterocycles. The Bertz CT molecular complexity index is 1390. The first kappa shape index (κ1) is 18.8. The Morgan fingerprint density at radius 2 is 2.00 bits per heavy atom. The maximum atomic E-state index is 5.87. The third-order valence-electron chi connectivity index (χ3n) is 5.73. The van der Waals surface area contributed by atoms with Crippen LogP contribution in [0.1, 0.15) is 13.8 Å². The quantitative estimate of drug-likeness (QED) is 0.344. The summed E-state index contributed by atoms with van der Waals surface area (Å²) in [5.41, 5.74) is 5.35. The van der Waals surface area contributed by atoms with Gasteiger partial charge in [0, 0.05) is 25.0 Å². The Hall–Kier alpha value is -3.92. The Balaban J connectivity index is 1.32. The van der Waals surface area contributed by atoms with E-state index >= 15 is 0 Å². The highest BCUT2D eigenvalue weighted by Gasteiger charge is 2.23. The molecule has 0 amide bonds. The fraction of sp³-hybridized carbons (Fsp3) is 0.273. The van der Waals surface area contributed by atoms with Crippen LogP contribution in [-0.2, 0) is 4.74 Å². The van der Waals surface area contributed by atoms with Gasteiger partial charge in [0.25, 0.3) is 0 Å². The molecule has 10 nitrogen and oxygen atoms in total. The van der Waals surface area contributed by atoms with Crippen LogP contribution in [0.2, 0.25) is 0 Å². The molecule has 5 aromatic rings. The van der Waals surface area contributed by atoms with Gasteiger partial charge in [-0.15, -0.1) is 0 Å². The van der Waals surface area contributed by atoms with Crippen molar-refractivity contribution in [3.63, 3.8) is 0 Å². The predicted molar refractivity (Wildman–Crippen MR) is 123 cm³/mol. The number of fused-ring (bicyclic) bond motifs is 2. The number of hydrogen-bond acceptors (Lipinski definition) is 7. The molecule has 2 atom stereocenters. The summed E-state index contributed by atoms with van der Waals surface area (Å²) >= 11 is 0. The van der Waals surface area contributed by atoms with E-state index in [1.54, 1.807) is 6.20 Å². The number of morpholine rings is 1. The van der Waals surface area contributed by atoms with Gasteiger partial charge < -0.3 is 24.9 Å². The van der Waals surface area contributed by atoms with E-state index in [9.17, 15) is 0 Å². The van der Waals surface area contributed by atoms with Gasteiger partial charge >= 0.3 is 0 Å². The van der Waals surface area contributed by atoms with Gasteiger partial charge in [-0.3, -0.25) is 5.10 Å². The van der Waals surface area contributed by atoms with E-state index in [2.05, 4.69) is 66.3 Å². The molecule has 1 aliphatic rings. The topological polar surface area (TPSA) is 123 Å². The maximum Gasteiger partial charge on any atom is 0.158 e. The van der Waals surface area contributed by atoms with Gasteiger partial charge in [-0.2, -0.15) is 5.10 Å². The number of anilines is 3. The van der Waals surface area contributed by atoms with E-state index in [-0.39, 0.29) is 12.2 Å². The zero-order valence-corrected chi connectivity index (χ0v) is 17.8. The van der Waals surface area contributed by atoms with Crippen LogP contribution in [0.25, 0.3) is 33.6 Å². The van der Waals surface area contributed by atoms with Gasteiger partial charge in [-0.25, -0.2) is 15.0 Å². The first-order valence-electron chi connectivity index (χ1n) is 10.6. The molecule has 0 unspecified atom stereocenters. The van der Waals surface area contributed by atoms with Gasteiger partial charge in [-0.1, -0.05) is 0 Å². The molecule has 1 aromatic carbocycles. The molecule has 10 heteroatoms. The molecule has 0 radical (unpaired) electrons. The average molecular weight is 429 g/mol. The lowest BCUT2D eigenvalue weighted by atomic mass is 10.2. The van der Waals surface area contributed by atoms with Crippen molar-refractivity contribution in [2.45, 2.75) is 26.1 Å². The molecule has 1 aliphatic heterocycles. The highest BCUT2D eigenvalue weighted by atomic mass is 16.5. The van der Waals surface area contributed by atoms with Crippen LogP contribution in [0, 0.1) is 0 Å². The number of nitrogens with one attached hydrogen (secondary N) is 4. The molecule has 1 saturated heterocycles. The number of H-pyrrole nitrogens is 3.